The maximum Gasteiger partial charge on any atom is 0.416 e. The van der Waals surface area contributed by atoms with Crippen molar-refractivity contribution in [1.29, 1.82) is 0 Å². The van der Waals surface area contributed by atoms with E-state index < -0.39 is 6.09 Å². The summed E-state index contributed by atoms with van der Waals surface area (Å²) in [5.74, 6) is -0.207. The standard InChI is InChI=1S/C15H19N3O3/c1-11-9-17(10-14(19)18-6-7-21-15(18)20)13-5-3-2-4-12(13)8-16-11/h2-5,11,16H,6-10H2,1H3. The largest absolute Gasteiger partial charge is 0.447 e. The number of imide groups is 1. The number of rotatable bonds is 2. The summed E-state index contributed by atoms with van der Waals surface area (Å²) in [6.45, 7) is 4.44. The van der Waals surface area contributed by atoms with Gasteiger partial charge >= 0.3 is 6.09 Å². The fourth-order valence-corrected chi connectivity index (χ4v) is 2.76. The van der Waals surface area contributed by atoms with Gasteiger partial charge in [-0.1, -0.05) is 18.2 Å². The Morgan fingerprint density at radius 1 is 1.43 bits per heavy atom. The Labute approximate surface area is 123 Å². The van der Waals surface area contributed by atoms with E-state index in [0.29, 0.717) is 13.2 Å². The highest BCUT2D eigenvalue weighted by molar-refractivity contribution is 5.95. The highest BCUT2D eigenvalue weighted by atomic mass is 16.6. The van der Waals surface area contributed by atoms with Crippen LogP contribution in [-0.2, 0) is 16.1 Å². The number of nitrogens with one attached hydrogen (secondary N) is 1. The molecule has 2 heterocycles. The highest BCUT2D eigenvalue weighted by Gasteiger charge is 2.30. The van der Waals surface area contributed by atoms with Gasteiger partial charge in [-0.2, -0.15) is 0 Å². The number of hydrogen-bond acceptors (Lipinski definition) is 5. The first-order valence-corrected chi connectivity index (χ1v) is 7.18. The number of ether oxygens (including phenoxy) is 1. The van der Waals surface area contributed by atoms with Crippen LogP contribution < -0.4 is 10.2 Å². The second-order valence-electron chi connectivity index (χ2n) is 5.45. The molecule has 0 saturated carbocycles. The van der Waals surface area contributed by atoms with Crippen molar-refractivity contribution in [2.45, 2.75) is 19.5 Å². The van der Waals surface area contributed by atoms with Crippen molar-refractivity contribution in [2.75, 3.05) is 31.1 Å². The molecule has 0 bridgehead atoms. The van der Waals surface area contributed by atoms with Crippen LogP contribution in [0.15, 0.2) is 24.3 Å². The van der Waals surface area contributed by atoms with Gasteiger partial charge in [0.1, 0.15) is 6.61 Å². The summed E-state index contributed by atoms with van der Waals surface area (Å²) in [7, 11) is 0. The van der Waals surface area contributed by atoms with E-state index >= 15 is 0 Å². The summed E-state index contributed by atoms with van der Waals surface area (Å²) in [5.41, 5.74) is 2.22. The second-order valence-corrected chi connectivity index (χ2v) is 5.45. The van der Waals surface area contributed by atoms with Gasteiger partial charge in [0.25, 0.3) is 5.91 Å². The molecule has 1 unspecified atom stereocenters. The fraction of sp³-hybridized carbons (Fsp3) is 0.467. The van der Waals surface area contributed by atoms with E-state index in [1.54, 1.807) is 0 Å². The average Bonchev–Trinajstić information content (AvgIpc) is 2.84. The summed E-state index contributed by atoms with van der Waals surface area (Å²) >= 11 is 0. The van der Waals surface area contributed by atoms with Crippen LogP contribution in [0.3, 0.4) is 0 Å². The van der Waals surface area contributed by atoms with E-state index in [4.69, 9.17) is 4.74 Å². The molecule has 6 heteroatoms. The molecule has 1 saturated heterocycles. The molecule has 1 fully saturated rings. The van der Waals surface area contributed by atoms with Crippen LogP contribution in [-0.4, -0.2) is 49.2 Å². The molecule has 0 aliphatic carbocycles. The van der Waals surface area contributed by atoms with Gasteiger partial charge < -0.3 is 15.0 Å². The minimum Gasteiger partial charge on any atom is -0.447 e. The molecule has 1 N–H and O–H groups in total. The zero-order valence-corrected chi connectivity index (χ0v) is 12.0. The van der Waals surface area contributed by atoms with Gasteiger partial charge in [-0.25, -0.2) is 9.69 Å². The van der Waals surface area contributed by atoms with Crippen molar-refractivity contribution in [3.63, 3.8) is 0 Å². The molecule has 112 valence electrons. The smallest absolute Gasteiger partial charge is 0.416 e. The number of benzene rings is 1. The molecular weight excluding hydrogens is 270 g/mol. The number of anilines is 1. The molecule has 6 nitrogen and oxygen atoms in total. The summed E-state index contributed by atoms with van der Waals surface area (Å²) < 4.78 is 4.83. The van der Waals surface area contributed by atoms with Gasteiger partial charge in [0.05, 0.1) is 13.1 Å². The number of carbonyl (C=O) groups is 2. The fourth-order valence-electron chi connectivity index (χ4n) is 2.76. The van der Waals surface area contributed by atoms with Crippen molar-refractivity contribution in [1.82, 2.24) is 10.2 Å². The molecule has 1 atom stereocenters. The van der Waals surface area contributed by atoms with Crippen LogP contribution in [0.5, 0.6) is 0 Å². The molecule has 2 amide bonds. The first-order valence-electron chi connectivity index (χ1n) is 7.18. The SMILES string of the molecule is CC1CN(CC(=O)N2CCOC2=O)c2ccccc2CN1. The van der Waals surface area contributed by atoms with E-state index in [1.807, 2.05) is 23.1 Å². The molecule has 0 spiro atoms. The Kier molecular flexibility index (Phi) is 3.79. The van der Waals surface area contributed by atoms with E-state index in [0.717, 1.165) is 18.8 Å². The second kappa shape index (κ2) is 5.73. The molecular formula is C15H19N3O3. The zero-order valence-electron chi connectivity index (χ0n) is 12.0. The average molecular weight is 289 g/mol. The lowest BCUT2D eigenvalue weighted by atomic mass is 10.1. The van der Waals surface area contributed by atoms with Crippen molar-refractivity contribution in [3.8, 4) is 0 Å². The molecule has 1 aromatic rings. The Morgan fingerprint density at radius 2 is 2.24 bits per heavy atom. The first kappa shape index (κ1) is 13.9. The third-order valence-corrected chi connectivity index (χ3v) is 3.86. The van der Waals surface area contributed by atoms with E-state index in [9.17, 15) is 9.59 Å². The van der Waals surface area contributed by atoms with E-state index in [1.165, 1.54) is 10.5 Å². The summed E-state index contributed by atoms with van der Waals surface area (Å²) in [6.07, 6.45) is -0.533. The van der Waals surface area contributed by atoms with Gasteiger partial charge in [-0.05, 0) is 18.6 Å². The Hall–Kier alpha value is -2.08. The Morgan fingerprint density at radius 3 is 3.00 bits per heavy atom. The normalized spacial score (nSPS) is 21.8. The number of nitrogens with zero attached hydrogens (tertiary/aromatic N) is 2. The molecule has 0 radical (unpaired) electrons. The summed E-state index contributed by atoms with van der Waals surface area (Å²) in [5, 5.41) is 3.42. The molecule has 2 aliphatic heterocycles. The summed E-state index contributed by atoms with van der Waals surface area (Å²) in [6, 6.07) is 8.31. The third kappa shape index (κ3) is 2.85. The van der Waals surface area contributed by atoms with Crippen molar-refractivity contribution < 1.29 is 14.3 Å². The molecule has 0 aromatic heterocycles. The first-order chi connectivity index (χ1) is 10.1. The van der Waals surface area contributed by atoms with Gasteiger partial charge in [-0.15, -0.1) is 0 Å². The zero-order chi connectivity index (χ0) is 14.8. The number of fused-ring (bicyclic) bond motifs is 1. The number of para-hydroxylation sites is 1. The van der Waals surface area contributed by atoms with Gasteiger partial charge in [0.2, 0.25) is 0 Å². The van der Waals surface area contributed by atoms with E-state index in [2.05, 4.69) is 18.3 Å². The van der Waals surface area contributed by atoms with Gasteiger partial charge in [0.15, 0.2) is 0 Å². The minimum absolute atomic E-state index is 0.193. The quantitative estimate of drug-likeness (QED) is 0.879. The number of cyclic esters (lactones) is 1. The highest BCUT2D eigenvalue weighted by Crippen LogP contribution is 2.23. The third-order valence-electron chi connectivity index (χ3n) is 3.86. The maximum atomic E-state index is 12.3. The lowest BCUT2D eigenvalue weighted by Crippen LogP contribution is -2.44. The number of hydrogen-bond donors (Lipinski definition) is 1. The Balaban J connectivity index is 1.80. The molecule has 21 heavy (non-hydrogen) atoms. The Bertz CT molecular complexity index is 561. The lowest BCUT2D eigenvalue weighted by Gasteiger charge is -2.26. The van der Waals surface area contributed by atoms with Crippen LogP contribution in [0.4, 0.5) is 10.5 Å². The monoisotopic (exact) mass is 289 g/mol. The topological polar surface area (TPSA) is 61.9 Å². The predicted octanol–water partition coefficient (Wildman–Crippen LogP) is 0.964. The molecule has 3 rings (SSSR count). The number of carbonyl (C=O) groups excluding carboxylic acids is 2. The van der Waals surface area contributed by atoms with E-state index in [-0.39, 0.29) is 18.5 Å². The van der Waals surface area contributed by atoms with Crippen LogP contribution in [0, 0.1) is 0 Å². The maximum absolute atomic E-state index is 12.3. The van der Waals surface area contributed by atoms with Crippen LogP contribution in [0.1, 0.15) is 12.5 Å². The molecule has 2 aliphatic rings. The predicted molar refractivity (Wildman–Crippen MR) is 78.0 cm³/mol. The minimum atomic E-state index is -0.533. The van der Waals surface area contributed by atoms with Crippen LogP contribution >= 0.6 is 0 Å². The van der Waals surface area contributed by atoms with Crippen molar-refractivity contribution in [2.24, 2.45) is 0 Å². The van der Waals surface area contributed by atoms with Crippen LogP contribution in [0.2, 0.25) is 0 Å². The van der Waals surface area contributed by atoms with Crippen molar-refractivity contribution >= 4 is 17.7 Å². The summed E-state index contributed by atoms with van der Waals surface area (Å²) in [4.78, 5) is 27.0. The number of amides is 2. The van der Waals surface area contributed by atoms with Crippen LogP contribution in [0.25, 0.3) is 0 Å². The lowest BCUT2D eigenvalue weighted by molar-refractivity contribution is -0.126. The van der Waals surface area contributed by atoms with Gasteiger partial charge in [0, 0.05) is 24.8 Å². The van der Waals surface area contributed by atoms with Crippen molar-refractivity contribution in [3.05, 3.63) is 29.8 Å². The molecule has 1 aromatic carbocycles. The van der Waals surface area contributed by atoms with Gasteiger partial charge in [-0.3, -0.25) is 4.79 Å².